The normalized spacial score (nSPS) is 12.6. The molecule has 1 aromatic heterocycles. The van der Waals surface area contributed by atoms with Crippen LogP contribution in [-0.2, 0) is 6.42 Å². The largest absolute Gasteiger partial charge is 0.394 e. The number of rotatable bonds is 4. The molecule has 0 aliphatic rings. The number of nitrogens with two attached hydrogens (primary N) is 1. The molecule has 0 fully saturated rings. The Kier molecular flexibility index (Phi) is 3.56. The van der Waals surface area contributed by atoms with Crippen LogP contribution in [0.3, 0.4) is 0 Å². The third-order valence-electron chi connectivity index (χ3n) is 2.87. The van der Waals surface area contributed by atoms with Gasteiger partial charge in [-0.05, 0) is 24.1 Å². The maximum absolute atomic E-state index is 9.09. The fourth-order valence-electron chi connectivity index (χ4n) is 1.78. The summed E-state index contributed by atoms with van der Waals surface area (Å²) < 4.78 is 1.90. The maximum atomic E-state index is 9.09. The lowest BCUT2D eigenvalue weighted by molar-refractivity contribution is 0.265. The number of imidazole rings is 1. The molecule has 0 saturated heterocycles. The highest BCUT2D eigenvalue weighted by Crippen LogP contribution is 2.16. The van der Waals surface area contributed by atoms with Crippen molar-refractivity contribution in [3.8, 4) is 5.69 Å². The highest BCUT2D eigenvalue weighted by Gasteiger charge is 2.11. The number of nitrogens with zero attached hydrogens (tertiary/aromatic N) is 2. The highest BCUT2D eigenvalue weighted by atomic mass is 16.3. The van der Waals surface area contributed by atoms with Gasteiger partial charge in [0.25, 0.3) is 0 Å². The number of aliphatic hydroxyl groups excluding tert-OH is 1. The fraction of sp³-hybridized carbons (Fsp3) is 0.308. The zero-order valence-corrected chi connectivity index (χ0v) is 9.87. The summed E-state index contributed by atoms with van der Waals surface area (Å²) in [4.78, 5) is 4.08. The summed E-state index contributed by atoms with van der Waals surface area (Å²) in [6.07, 6.45) is 4.42. The van der Waals surface area contributed by atoms with Crippen LogP contribution in [0.2, 0.25) is 0 Å². The fourth-order valence-corrected chi connectivity index (χ4v) is 1.78. The lowest BCUT2D eigenvalue weighted by Gasteiger charge is -2.12. The molecule has 2 aromatic rings. The molecule has 1 unspecified atom stereocenters. The Bertz CT molecular complexity index is 476. The molecule has 4 nitrogen and oxygen atoms in total. The molecule has 17 heavy (non-hydrogen) atoms. The number of benzene rings is 1. The number of aromatic nitrogens is 2. The molecule has 0 radical (unpaired) electrons. The number of aliphatic hydroxyl groups is 1. The van der Waals surface area contributed by atoms with Crippen molar-refractivity contribution < 1.29 is 5.11 Å². The van der Waals surface area contributed by atoms with Crippen LogP contribution in [0.4, 0.5) is 0 Å². The zero-order chi connectivity index (χ0) is 12.3. The van der Waals surface area contributed by atoms with E-state index in [-0.39, 0.29) is 6.61 Å². The molecule has 0 spiro atoms. The minimum Gasteiger partial charge on any atom is -0.394 e. The van der Waals surface area contributed by atoms with Gasteiger partial charge < -0.3 is 15.4 Å². The van der Waals surface area contributed by atoms with Crippen LogP contribution in [0.25, 0.3) is 5.69 Å². The molecule has 0 amide bonds. The Morgan fingerprint density at radius 2 is 2.06 bits per heavy atom. The summed E-state index contributed by atoms with van der Waals surface area (Å²) in [5.74, 6) is 0. The van der Waals surface area contributed by atoms with E-state index in [4.69, 9.17) is 10.8 Å². The van der Waals surface area contributed by atoms with Crippen LogP contribution >= 0.6 is 0 Å². The lowest BCUT2D eigenvalue weighted by atomic mass is 10.1. The van der Waals surface area contributed by atoms with Crippen LogP contribution in [0, 0.1) is 0 Å². The Morgan fingerprint density at radius 1 is 1.35 bits per heavy atom. The van der Waals surface area contributed by atoms with E-state index in [0.29, 0.717) is 0 Å². The average molecular weight is 231 g/mol. The monoisotopic (exact) mass is 231 g/mol. The van der Waals surface area contributed by atoms with E-state index in [0.717, 1.165) is 17.8 Å². The summed E-state index contributed by atoms with van der Waals surface area (Å²) in [5, 5.41) is 9.09. The molecule has 2 rings (SSSR count). The number of hydrogen-bond acceptors (Lipinski definition) is 3. The third-order valence-corrected chi connectivity index (χ3v) is 2.87. The van der Waals surface area contributed by atoms with Crippen molar-refractivity contribution in [2.45, 2.75) is 19.4 Å². The van der Waals surface area contributed by atoms with Crippen LogP contribution in [0.15, 0.2) is 36.8 Å². The van der Waals surface area contributed by atoms with E-state index in [1.165, 1.54) is 5.56 Å². The smallest absolute Gasteiger partial charge is 0.0994 e. The SMILES string of the molecule is CCc1ccc(-n2cncc2C(N)CO)cc1. The van der Waals surface area contributed by atoms with Gasteiger partial charge in [0.05, 0.1) is 30.9 Å². The van der Waals surface area contributed by atoms with Crippen molar-refractivity contribution in [2.75, 3.05) is 6.61 Å². The van der Waals surface area contributed by atoms with Crippen molar-refractivity contribution in [1.82, 2.24) is 9.55 Å². The molecule has 4 heteroatoms. The van der Waals surface area contributed by atoms with E-state index < -0.39 is 6.04 Å². The average Bonchev–Trinajstić information content (AvgIpc) is 2.87. The Hall–Kier alpha value is -1.65. The first-order chi connectivity index (χ1) is 8.26. The first kappa shape index (κ1) is 11.8. The van der Waals surface area contributed by atoms with Gasteiger partial charge in [0.2, 0.25) is 0 Å². The standard InChI is InChI=1S/C13H17N3O/c1-2-10-3-5-11(6-4-10)16-9-15-7-13(16)12(14)8-17/h3-7,9,12,17H,2,8,14H2,1H3. The minimum atomic E-state index is -0.400. The predicted molar refractivity (Wildman–Crippen MR) is 67.0 cm³/mol. The highest BCUT2D eigenvalue weighted by molar-refractivity contribution is 5.36. The van der Waals surface area contributed by atoms with Crippen molar-refractivity contribution in [3.63, 3.8) is 0 Å². The molecule has 0 bridgehead atoms. The molecule has 0 saturated carbocycles. The molecular weight excluding hydrogens is 214 g/mol. The summed E-state index contributed by atoms with van der Waals surface area (Å²) in [6, 6.07) is 7.85. The first-order valence-corrected chi connectivity index (χ1v) is 5.74. The number of hydrogen-bond donors (Lipinski definition) is 2. The molecule has 1 aromatic carbocycles. The zero-order valence-electron chi connectivity index (χ0n) is 9.87. The summed E-state index contributed by atoms with van der Waals surface area (Å²) >= 11 is 0. The van der Waals surface area contributed by atoms with Crippen molar-refractivity contribution in [2.24, 2.45) is 5.73 Å². The minimum absolute atomic E-state index is 0.0846. The van der Waals surface area contributed by atoms with Gasteiger partial charge >= 0.3 is 0 Å². The van der Waals surface area contributed by atoms with Gasteiger partial charge in [-0.2, -0.15) is 0 Å². The molecule has 0 aliphatic heterocycles. The maximum Gasteiger partial charge on any atom is 0.0994 e. The van der Waals surface area contributed by atoms with E-state index >= 15 is 0 Å². The van der Waals surface area contributed by atoms with Crippen LogP contribution < -0.4 is 5.73 Å². The van der Waals surface area contributed by atoms with Crippen LogP contribution in [-0.4, -0.2) is 21.3 Å². The molecular formula is C13H17N3O. The lowest BCUT2D eigenvalue weighted by Crippen LogP contribution is -2.18. The van der Waals surface area contributed by atoms with Gasteiger partial charge in [0, 0.05) is 5.69 Å². The molecule has 1 atom stereocenters. The van der Waals surface area contributed by atoms with Gasteiger partial charge in [-0.25, -0.2) is 4.98 Å². The summed E-state index contributed by atoms with van der Waals surface area (Å²) in [5.41, 5.74) is 8.94. The molecule has 0 aliphatic carbocycles. The van der Waals surface area contributed by atoms with Gasteiger partial charge in [-0.3, -0.25) is 0 Å². The topological polar surface area (TPSA) is 64.1 Å². The Balaban J connectivity index is 2.35. The van der Waals surface area contributed by atoms with E-state index in [9.17, 15) is 0 Å². The summed E-state index contributed by atoms with van der Waals surface area (Å²) in [6.45, 7) is 2.04. The predicted octanol–water partition coefficient (Wildman–Crippen LogP) is 1.43. The van der Waals surface area contributed by atoms with Gasteiger partial charge in [-0.15, -0.1) is 0 Å². The first-order valence-electron chi connectivity index (χ1n) is 5.74. The van der Waals surface area contributed by atoms with Gasteiger partial charge in [-0.1, -0.05) is 19.1 Å². The van der Waals surface area contributed by atoms with Crippen LogP contribution in [0.1, 0.15) is 24.2 Å². The van der Waals surface area contributed by atoms with Crippen molar-refractivity contribution in [1.29, 1.82) is 0 Å². The number of aryl methyl sites for hydroxylation is 1. The molecule has 3 N–H and O–H groups in total. The third kappa shape index (κ3) is 2.38. The van der Waals surface area contributed by atoms with Gasteiger partial charge in [0.1, 0.15) is 0 Å². The van der Waals surface area contributed by atoms with Crippen molar-refractivity contribution in [3.05, 3.63) is 48.0 Å². The van der Waals surface area contributed by atoms with E-state index in [1.54, 1.807) is 12.5 Å². The van der Waals surface area contributed by atoms with Crippen molar-refractivity contribution >= 4 is 0 Å². The Morgan fingerprint density at radius 3 is 2.65 bits per heavy atom. The second-order valence-electron chi connectivity index (χ2n) is 4.00. The van der Waals surface area contributed by atoms with Crippen LogP contribution in [0.5, 0.6) is 0 Å². The second-order valence-corrected chi connectivity index (χ2v) is 4.00. The summed E-state index contributed by atoms with van der Waals surface area (Å²) in [7, 11) is 0. The second kappa shape index (κ2) is 5.12. The van der Waals surface area contributed by atoms with Gasteiger partial charge in [0.15, 0.2) is 0 Å². The molecule has 1 heterocycles. The van der Waals surface area contributed by atoms with E-state index in [1.807, 2.05) is 16.7 Å². The van der Waals surface area contributed by atoms with E-state index in [2.05, 4.69) is 24.0 Å². The quantitative estimate of drug-likeness (QED) is 0.836. The molecule has 90 valence electrons. The Labute approximate surface area is 101 Å².